The third-order valence-corrected chi connectivity index (χ3v) is 3.90. The Hall–Kier alpha value is -1.47. The van der Waals surface area contributed by atoms with Gasteiger partial charge in [0.15, 0.2) is 5.82 Å². The predicted molar refractivity (Wildman–Crippen MR) is 71.8 cm³/mol. The summed E-state index contributed by atoms with van der Waals surface area (Å²) >= 11 is 0. The van der Waals surface area contributed by atoms with E-state index in [1.54, 1.807) is 11.5 Å². The summed E-state index contributed by atoms with van der Waals surface area (Å²) in [5.74, 6) is 1.42. The van der Waals surface area contributed by atoms with Crippen LogP contribution in [0.25, 0.3) is 0 Å². The highest BCUT2D eigenvalue weighted by molar-refractivity contribution is 5.18. The zero-order valence-electron chi connectivity index (χ0n) is 11.3. The zero-order chi connectivity index (χ0) is 13.8. The quantitative estimate of drug-likeness (QED) is 0.628. The van der Waals surface area contributed by atoms with Crippen LogP contribution >= 0.6 is 0 Å². The minimum absolute atomic E-state index is 0.0781. The van der Waals surface area contributed by atoms with Gasteiger partial charge in [-0.2, -0.15) is 0 Å². The molecule has 1 aromatic heterocycles. The van der Waals surface area contributed by atoms with E-state index < -0.39 is 0 Å². The highest BCUT2D eigenvalue weighted by Gasteiger charge is 2.21. The van der Waals surface area contributed by atoms with Gasteiger partial charge in [0.05, 0.1) is 0 Å². The maximum Gasteiger partial charge on any atom is 0.342 e. The van der Waals surface area contributed by atoms with Crippen LogP contribution in [0.15, 0.2) is 6.20 Å². The summed E-state index contributed by atoms with van der Waals surface area (Å²) in [6.45, 7) is 6.07. The van der Waals surface area contributed by atoms with E-state index >= 15 is 0 Å². The Kier molecular flexibility index (Phi) is 4.49. The lowest BCUT2D eigenvalue weighted by molar-refractivity contribution is -0.392. The second kappa shape index (κ2) is 6.12. The fourth-order valence-electron chi connectivity index (χ4n) is 2.57. The molecule has 7 nitrogen and oxygen atoms in total. The van der Waals surface area contributed by atoms with Crippen LogP contribution in [-0.4, -0.2) is 45.6 Å². The van der Waals surface area contributed by atoms with Gasteiger partial charge >= 0.3 is 5.82 Å². The monoisotopic (exact) mass is 267 g/mol. The van der Waals surface area contributed by atoms with Crippen molar-refractivity contribution in [1.29, 1.82) is 0 Å². The van der Waals surface area contributed by atoms with E-state index in [1.165, 1.54) is 6.20 Å². The number of nitrogens with zero attached hydrogens (tertiary/aromatic N) is 4. The summed E-state index contributed by atoms with van der Waals surface area (Å²) in [5.41, 5.74) is 5.67. The van der Waals surface area contributed by atoms with Gasteiger partial charge in [-0.1, -0.05) is 0 Å². The van der Waals surface area contributed by atoms with Crippen LogP contribution in [0.1, 0.15) is 18.7 Å². The Bertz CT molecular complexity index is 437. The molecule has 7 heteroatoms. The normalized spacial score (nSPS) is 17.8. The Labute approximate surface area is 112 Å². The van der Waals surface area contributed by atoms with Gasteiger partial charge in [-0.25, -0.2) is 9.55 Å². The van der Waals surface area contributed by atoms with E-state index in [1.807, 2.05) is 0 Å². The number of likely N-dealkylation sites (tertiary alicyclic amines) is 1. The molecule has 0 amide bonds. The number of imidazole rings is 1. The summed E-state index contributed by atoms with van der Waals surface area (Å²) in [6.07, 6.45) is 3.58. The average Bonchev–Trinajstić information content (AvgIpc) is 2.78. The standard InChI is InChI=1S/C12H21N5O2/c1-10-14-9-12(17(18)19)16(10)7-6-15-4-2-11(8-13)3-5-15/h9,11H,2-8,13H2,1H3. The van der Waals surface area contributed by atoms with Gasteiger partial charge in [0.1, 0.15) is 12.7 Å². The molecule has 0 aliphatic carbocycles. The maximum absolute atomic E-state index is 10.9. The van der Waals surface area contributed by atoms with Crippen LogP contribution in [0.5, 0.6) is 0 Å². The Morgan fingerprint density at radius 1 is 1.47 bits per heavy atom. The van der Waals surface area contributed by atoms with Crippen molar-refractivity contribution >= 4 is 5.82 Å². The van der Waals surface area contributed by atoms with Crippen LogP contribution < -0.4 is 5.73 Å². The molecule has 1 saturated heterocycles. The van der Waals surface area contributed by atoms with E-state index in [4.69, 9.17) is 5.73 Å². The molecule has 1 aliphatic rings. The minimum atomic E-state index is -0.374. The third kappa shape index (κ3) is 3.30. The number of piperidine rings is 1. The van der Waals surface area contributed by atoms with Gasteiger partial charge in [-0.05, 0) is 43.3 Å². The van der Waals surface area contributed by atoms with Crippen molar-refractivity contribution in [2.45, 2.75) is 26.3 Å². The van der Waals surface area contributed by atoms with Gasteiger partial charge in [0, 0.05) is 13.5 Å². The number of nitrogens with two attached hydrogens (primary N) is 1. The van der Waals surface area contributed by atoms with Crippen molar-refractivity contribution in [3.63, 3.8) is 0 Å². The first kappa shape index (κ1) is 14.0. The number of hydrogen-bond acceptors (Lipinski definition) is 5. The van der Waals surface area contributed by atoms with E-state index in [9.17, 15) is 10.1 Å². The molecule has 0 aromatic carbocycles. The largest absolute Gasteiger partial charge is 0.358 e. The van der Waals surface area contributed by atoms with Crippen LogP contribution in [-0.2, 0) is 6.54 Å². The topological polar surface area (TPSA) is 90.2 Å². The summed E-state index contributed by atoms with van der Waals surface area (Å²) in [4.78, 5) is 16.9. The molecule has 0 spiro atoms. The van der Waals surface area contributed by atoms with Gasteiger partial charge in [0.2, 0.25) is 0 Å². The fraction of sp³-hybridized carbons (Fsp3) is 0.750. The molecule has 0 atom stereocenters. The molecule has 1 aliphatic heterocycles. The molecule has 0 saturated carbocycles. The van der Waals surface area contributed by atoms with Gasteiger partial charge < -0.3 is 15.8 Å². The van der Waals surface area contributed by atoms with E-state index in [-0.39, 0.29) is 10.7 Å². The average molecular weight is 267 g/mol. The van der Waals surface area contributed by atoms with Crippen molar-refractivity contribution in [2.24, 2.45) is 11.7 Å². The van der Waals surface area contributed by atoms with Crippen molar-refractivity contribution in [3.8, 4) is 0 Å². The van der Waals surface area contributed by atoms with E-state index in [2.05, 4.69) is 9.88 Å². The molecule has 2 heterocycles. The van der Waals surface area contributed by atoms with Crippen molar-refractivity contribution in [1.82, 2.24) is 14.5 Å². The summed E-state index contributed by atoms with van der Waals surface area (Å²) in [7, 11) is 0. The van der Waals surface area contributed by atoms with Crippen LogP contribution in [0.3, 0.4) is 0 Å². The van der Waals surface area contributed by atoms with Crippen molar-refractivity contribution < 1.29 is 4.92 Å². The highest BCUT2D eigenvalue weighted by atomic mass is 16.6. The van der Waals surface area contributed by atoms with Crippen LogP contribution in [0.2, 0.25) is 0 Å². The predicted octanol–water partition coefficient (Wildman–Crippen LogP) is 0.770. The molecule has 0 radical (unpaired) electrons. The second-order valence-electron chi connectivity index (χ2n) is 5.09. The molecule has 2 rings (SSSR count). The lowest BCUT2D eigenvalue weighted by Gasteiger charge is -2.30. The fourth-order valence-corrected chi connectivity index (χ4v) is 2.57. The van der Waals surface area contributed by atoms with Crippen LogP contribution in [0.4, 0.5) is 5.82 Å². The van der Waals surface area contributed by atoms with E-state index in [0.29, 0.717) is 18.3 Å². The lowest BCUT2D eigenvalue weighted by Crippen LogP contribution is -2.37. The highest BCUT2D eigenvalue weighted by Crippen LogP contribution is 2.17. The van der Waals surface area contributed by atoms with E-state index in [0.717, 1.165) is 39.0 Å². The first-order valence-corrected chi connectivity index (χ1v) is 6.70. The molecule has 0 bridgehead atoms. The third-order valence-electron chi connectivity index (χ3n) is 3.90. The molecule has 0 unspecified atom stereocenters. The molecule has 2 N–H and O–H groups in total. The Morgan fingerprint density at radius 2 is 2.16 bits per heavy atom. The summed E-state index contributed by atoms with van der Waals surface area (Å²) in [5, 5.41) is 10.9. The van der Waals surface area contributed by atoms with Crippen molar-refractivity contribution in [3.05, 3.63) is 22.1 Å². The SMILES string of the molecule is Cc1ncc([N+](=O)[O-])n1CCN1CCC(CN)CC1. The first-order valence-electron chi connectivity index (χ1n) is 6.70. The van der Waals surface area contributed by atoms with Gasteiger partial charge in [-0.15, -0.1) is 0 Å². The van der Waals surface area contributed by atoms with Gasteiger partial charge in [-0.3, -0.25) is 4.90 Å². The molecule has 1 aromatic rings. The maximum atomic E-state index is 10.9. The molecular formula is C12H21N5O2. The first-order chi connectivity index (χ1) is 9.11. The lowest BCUT2D eigenvalue weighted by atomic mass is 9.97. The minimum Gasteiger partial charge on any atom is -0.358 e. The number of hydrogen-bond donors (Lipinski definition) is 1. The Morgan fingerprint density at radius 3 is 2.74 bits per heavy atom. The van der Waals surface area contributed by atoms with Crippen molar-refractivity contribution in [2.75, 3.05) is 26.2 Å². The number of aromatic nitrogens is 2. The summed E-state index contributed by atoms with van der Waals surface area (Å²) < 4.78 is 1.68. The molecule has 1 fully saturated rings. The second-order valence-corrected chi connectivity index (χ2v) is 5.09. The number of nitro groups is 1. The smallest absolute Gasteiger partial charge is 0.342 e. The number of rotatable bonds is 5. The molecular weight excluding hydrogens is 246 g/mol. The number of aryl methyl sites for hydroxylation is 1. The zero-order valence-corrected chi connectivity index (χ0v) is 11.3. The Balaban J connectivity index is 1.89. The summed E-state index contributed by atoms with van der Waals surface area (Å²) in [6, 6.07) is 0. The molecule has 106 valence electrons. The van der Waals surface area contributed by atoms with Crippen LogP contribution in [0, 0.1) is 23.0 Å². The molecule has 19 heavy (non-hydrogen) atoms. The van der Waals surface area contributed by atoms with Gasteiger partial charge in [0.25, 0.3) is 0 Å².